The van der Waals surface area contributed by atoms with Crippen LogP contribution in [0.5, 0.6) is 0 Å². The van der Waals surface area contributed by atoms with Gasteiger partial charge in [0, 0.05) is 19.2 Å². The normalized spacial score (nSPS) is 24.0. The van der Waals surface area contributed by atoms with Gasteiger partial charge in [0.15, 0.2) is 11.4 Å². The number of hydrogen-bond acceptors (Lipinski definition) is 4. The Hall–Kier alpha value is -2.76. The zero-order chi connectivity index (χ0) is 23.8. The third-order valence-electron chi connectivity index (χ3n) is 7.83. The number of anilines is 1. The second-order valence-corrected chi connectivity index (χ2v) is 10.4. The Morgan fingerprint density at radius 1 is 1.26 bits per heavy atom. The molecule has 34 heavy (non-hydrogen) atoms. The maximum atomic E-state index is 14.5. The molecule has 2 aliphatic carbocycles. The van der Waals surface area contributed by atoms with Crippen molar-refractivity contribution in [1.82, 2.24) is 14.6 Å². The van der Waals surface area contributed by atoms with Crippen LogP contribution in [0, 0.1) is 17.8 Å². The Balaban J connectivity index is 1.41. The number of allylic oxidation sites excluding steroid dienone is 4. The van der Waals surface area contributed by atoms with Crippen molar-refractivity contribution in [3.8, 4) is 0 Å². The number of carbonyl (C=O) groups excluding carboxylic acids is 1. The Bertz CT molecular complexity index is 1170. The van der Waals surface area contributed by atoms with E-state index in [1.54, 1.807) is 22.9 Å². The molecule has 0 aromatic carbocycles. The van der Waals surface area contributed by atoms with Gasteiger partial charge in [0.1, 0.15) is 11.6 Å². The average molecular weight is 463 g/mol. The smallest absolute Gasteiger partial charge is 0.168 e. The van der Waals surface area contributed by atoms with Crippen molar-refractivity contribution in [1.29, 1.82) is 0 Å². The number of ketones is 1. The lowest BCUT2D eigenvalue weighted by Gasteiger charge is -2.27. The molecule has 2 aromatic rings. The topological polar surface area (TPSA) is 50.5 Å². The van der Waals surface area contributed by atoms with Crippen molar-refractivity contribution in [2.75, 3.05) is 11.4 Å². The fraction of sp³-hybridized carbons (Fsp3) is 0.536. The summed E-state index contributed by atoms with van der Waals surface area (Å²) in [4.78, 5) is 20.4. The van der Waals surface area contributed by atoms with E-state index in [0.717, 1.165) is 55.1 Å². The number of halogens is 1. The number of rotatable bonds is 8. The number of fused-ring (bicyclic) bond motifs is 1. The second-order valence-electron chi connectivity index (χ2n) is 10.4. The monoisotopic (exact) mass is 462 g/mol. The largest absolute Gasteiger partial charge is 0.349 e. The van der Waals surface area contributed by atoms with Gasteiger partial charge in [-0.05, 0) is 67.7 Å². The van der Waals surface area contributed by atoms with E-state index < -0.39 is 0 Å². The molecule has 6 heteroatoms. The molecule has 5 nitrogen and oxygen atoms in total. The number of aromatic nitrogens is 3. The third-order valence-corrected chi connectivity index (χ3v) is 7.83. The van der Waals surface area contributed by atoms with Crippen LogP contribution in [0.3, 0.4) is 0 Å². The van der Waals surface area contributed by atoms with Crippen LogP contribution in [0.1, 0.15) is 76.1 Å². The molecule has 0 amide bonds. The van der Waals surface area contributed by atoms with Crippen molar-refractivity contribution in [3.63, 3.8) is 0 Å². The fourth-order valence-electron chi connectivity index (χ4n) is 5.40. The number of Topliss-reactive ketones (excluding diaryl/α,β-unsaturated/α-hetero) is 1. The van der Waals surface area contributed by atoms with Gasteiger partial charge < -0.3 is 4.90 Å². The molecule has 3 unspecified atom stereocenters. The molecule has 0 N–H and O–H groups in total. The van der Waals surface area contributed by atoms with Gasteiger partial charge in [-0.1, -0.05) is 44.8 Å². The minimum atomic E-state index is -0.175. The zero-order valence-electron chi connectivity index (χ0n) is 20.5. The summed E-state index contributed by atoms with van der Waals surface area (Å²) in [7, 11) is 0. The minimum Gasteiger partial charge on any atom is -0.349 e. The number of hydrogen-bond donors (Lipinski definition) is 0. The molecule has 1 saturated carbocycles. The summed E-state index contributed by atoms with van der Waals surface area (Å²) in [6, 6.07) is 2.02. The predicted octanol–water partition coefficient (Wildman–Crippen LogP) is 6.47. The quantitative estimate of drug-likeness (QED) is 0.422. The number of nitrogens with zero attached hydrogens (tertiary/aromatic N) is 4. The van der Waals surface area contributed by atoms with Gasteiger partial charge in [-0.15, -0.1) is 0 Å². The Labute approximate surface area is 201 Å². The van der Waals surface area contributed by atoms with E-state index in [0.29, 0.717) is 23.5 Å². The first-order chi connectivity index (χ1) is 16.4. The lowest BCUT2D eigenvalue weighted by Crippen LogP contribution is -2.31. The molecule has 2 aromatic heterocycles. The van der Waals surface area contributed by atoms with E-state index in [9.17, 15) is 9.18 Å². The average Bonchev–Trinajstić information content (AvgIpc) is 3.35. The standard InChI is InChI=1S/C28H35FN4O/c1-4-20(14-21-7-8-21)15-26(34)24-17-30-33-11-9-27(31-28(24)33)32-10-5-6-25(32)22-12-18(2)19(3)13-23(29)16-22/h9,11-13,16-17,19-21,25H,4-8,10,14-15H2,1-3H3. The lowest BCUT2D eigenvalue weighted by molar-refractivity contribution is 0.0957. The fourth-order valence-corrected chi connectivity index (χ4v) is 5.40. The highest BCUT2D eigenvalue weighted by Gasteiger charge is 2.30. The highest BCUT2D eigenvalue weighted by atomic mass is 19.1. The van der Waals surface area contributed by atoms with Crippen LogP contribution in [0.15, 0.2) is 53.7 Å². The Morgan fingerprint density at radius 2 is 2.09 bits per heavy atom. The van der Waals surface area contributed by atoms with Gasteiger partial charge in [-0.25, -0.2) is 13.9 Å². The lowest BCUT2D eigenvalue weighted by atomic mass is 9.92. The molecule has 0 bridgehead atoms. The summed E-state index contributed by atoms with van der Waals surface area (Å²) < 4.78 is 16.2. The van der Waals surface area contributed by atoms with Crippen LogP contribution < -0.4 is 4.90 Å². The van der Waals surface area contributed by atoms with Gasteiger partial charge in [0.2, 0.25) is 0 Å². The van der Waals surface area contributed by atoms with Crippen molar-refractivity contribution >= 4 is 17.2 Å². The van der Waals surface area contributed by atoms with E-state index in [2.05, 4.69) is 29.9 Å². The van der Waals surface area contributed by atoms with Crippen LogP contribution in [-0.2, 0) is 0 Å². The van der Waals surface area contributed by atoms with Crippen molar-refractivity contribution in [2.24, 2.45) is 17.8 Å². The molecule has 1 aliphatic heterocycles. The third kappa shape index (κ3) is 4.73. The first kappa shape index (κ1) is 23.0. The van der Waals surface area contributed by atoms with Gasteiger partial charge in [0.25, 0.3) is 0 Å². The van der Waals surface area contributed by atoms with Crippen LogP contribution in [0.4, 0.5) is 10.2 Å². The van der Waals surface area contributed by atoms with Crippen molar-refractivity contribution in [3.05, 3.63) is 59.2 Å². The summed E-state index contributed by atoms with van der Waals surface area (Å²) in [5.41, 5.74) is 3.38. The first-order valence-corrected chi connectivity index (χ1v) is 12.8. The Kier molecular flexibility index (Phi) is 6.41. The van der Waals surface area contributed by atoms with Crippen molar-refractivity contribution in [2.45, 2.75) is 71.8 Å². The van der Waals surface area contributed by atoms with Gasteiger partial charge in [-0.2, -0.15) is 5.10 Å². The van der Waals surface area contributed by atoms with Crippen molar-refractivity contribution < 1.29 is 9.18 Å². The summed E-state index contributed by atoms with van der Waals surface area (Å²) >= 11 is 0. The summed E-state index contributed by atoms with van der Waals surface area (Å²) in [5.74, 6) is 2.12. The molecule has 3 atom stereocenters. The molecule has 180 valence electrons. The van der Waals surface area contributed by atoms with E-state index >= 15 is 0 Å². The highest BCUT2D eigenvalue weighted by molar-refractivity contribution is 6.01. The first-order valence-electron chi connectivity index (χ1n) is 12.8. The summed E-state index contributed by atoms with van der Waals surface area (Å²) in [5, 5.41) is 4.40. The van der Waals surface area contributed by atoms with E-state index in [-0.39, 0.29) is 23.6 Å². The molecule has 2 fully saturated rings. The molecular formula is C28H35FN4O. The molecule has 5 rings (SSSR count). The second kappa shape index (κ2) is 9.47. The minimum absolute atomic E-state index is 0.0689. The summed E-state index contributed by atoms with van der Waals surface area (Å²) in [6.45, 7) is 7.12. The molecule has 3 aliphatic rings. The van der Waals surface area contributed by atoms with Crippen LogP contribution >= 0.6 is 0 Å². The molecular weight excluding hydrogens is 427 g/mol. The maximum absolute atomic E-state index is 14.5. The maximum Gasteiger partial charge on any atom is 0.168 e. The molecule has 0 spiro atoms. The van der Waals surface area contributed by atoms with Crippen LogP contribution in [-0.4, -0.2) is 33.0 Å². The molecule has 0 radical (unpaired) electrons. The zero-order valence-corrected chi connectivity index (χ0v) is 20.5. The molecule has 3 heterocycles. The van der Waals surface area contributed by atoms with E-state index in [4.69, 9.17) is 4.98 Å². The van der Waals surface area contributed by atoms with E-state index in [1.165, 1.54) is 12.8 Å². The van der Waals surface area contributed by atoms with Gasteiger partial charge >= 0.3 is 0 Å². The van der Waals surface area contributed by atoms with Crippen LogP contribution in [0.25, 0.3) is 5.65 Å². The Morgan fingerprint density at radius 3 is 2.85 bits per heavy atom. The number of carbonyl (C=O) groups is 1. The van der Waals surface area contributed by atoms with Crippen LogP contribution in [0.2, 0.25) is 0 Å². The molecule has 1 saturated heterocycles. The van der Waals surface area contributed by atoms with E-state index in [1.807, 2.05) is 19.2 Å². The van der Waals surface area contributed by atoms with Gasteiger partial charge in [-0.3, -0.25) is 4.79 Å². The summed E-state index contributed by atoms with van der Waals surface area (Å²) in [6.07, 6.45) is 16.4. The SMILES string of the molecule is CCC(CC(=O)c1cnn2ccc(N3CCCC3C3=CC(F)=CC(C)C(C)=C3)nc12)CC1CC1. The predicted molar refractivity (Wildman–Crippen MR) is 134 cm³/mol. The highest BCUT2D eigenvalue weighted by Crippen LogP contribution is 2.38. The van der Waals surface area contributed by atoms with Gasteiger partial charge in [0.05, 0.1) is 17.8 Å².